The van der Waals surface area contributed by atoms with Crippen LogP contribution in [0.2, 0.25) is 0 Å². The fraction of sp³-hybridized carbons (Fsp3) is 0.143. The van der Waals surface area contributed by atoms with E-state index in [1.165, 1.54) is 10.9 Å². The number of rotatable bonds is 8. The summed E-state index contributed by atoms with van der Waals surface area (Å²) in [5, 5.41) is 9.14. The van der Waals surface area contributed by atoms with Gasteiger partial charge in [0.1, 0.15) is 0 Å². The van der Waals surface area contributed by atoms with Gasteiger partial charge in [0.05, 0.1) is 11.4 Å². The summed E-state index contributed by atoms with van der Waals surface area (Å²) in [7, 11) is 0. The monoisotopic (exact) mass is 434 g/mol. The lowest BCUT2D eigenvalue weighted by Crippen LogP contribution is -2.22. The zero-order chi connectivity index (χ0) is 22.5. The molecular weight excluding hydrogens is 408 g/mol. The number of nitrogens with zero attached hydrogens (tertiary/aromatic N) is 2. The third-order valence-corrected chi connectivity index (χ3v) is 5.86. The van der Waals surface area contributed by atoms with Crippen molar-refractivity contribution in [1.82, 2.24) is 20.1 Å². The van der Waals surface area contributed by atoms with Gasteiger partial charge in [0.25, 0.3) is 0 Å². The van der Waals surface area contributed by atoms with Crippen molar-refractivity contribution < 1.29 is 4.79 Å². The van der Waals surface area contributed by atoms with Gasteiger partial charge in [-0.25, -0.2) is 4.68 Å². The number of aromatic amines is 1. The molecule has 1 amide bonds. The molecule has 2 N–H and O–H groups in total. The Hall–Kier alpha value is -4.12. The van der Waals surface area contributed by atoms with Crippen molar-refractivity contribution >= 4 is 16.8 Å². The second-order valence-electron chi connectivity index (χ2n) is 8.14. The van der Waals surface area contributed by atoms with Gasteiger partial charge in [-0.2, -0.15) is 5.10 Å². The minimum atomic E-state index is 0.0568. The van der Waals surface area contributed by atoms with Gasteiger partial charge in [-0.3, -0.25) is 4.79 Å². The Morgan fingerprint density at radius 1 is 0.879 bits per heavy atom. The maximum atomic E-state index is 12.6. The second kappa shape index (κ2) is 9.57. The lowest BCUT2D eigenvalue weighted by Gasteiger charge is -2.06. The topological polar surface area (TPSA) is 62.7 Å². The smallest absolute Gasteiger partial charge is 0.220 e. The fourth-order valence-corrected chi connectivity index (χ4v) is 4.15. The molecular formula is C28H26N4O. The summed E-state index contributed by atoms with van der Waals surface area (Å²) in [6.07, 6.45) is 6.23. The first-order chi connectivity index (χ1) is 16.3. The molecule has 0 aliphatic carbocycles. The minimum Gasteiger partial charge on any atom is -0.361 e. The lowest BCUT2D eigenvalue weighted by molar-refractivity contribution is -0.121. The van der Waals surface area contributed by atoms with E-state index in [9.17, 15) is 4.79 Å². The van der Waals surface area contributed by atoms with E-state index in [1.54, 1.807) is 0 Å². The third kappa shape index (κ3) is 4.72. The highest BCUT2D eigenvalue weighted by Crippen LogP contribution is 2.24. The van der Waals surface area contributed by atoms with Crippen LogP contribution in [0.15, 0.2) is 97.3 Å². The van der Waals surface area contributed by atoms with Crippen LogP contribution in [0, 0.1) is 0 Å². The van der Waals surface area contributed by atoms with Gasteiger partial charge in [0.15, 0.2) is 0 Å². The summed E-state index contributed by atoms with van der Waals surface area (Å²) in [4.78, 5) is 15.9. The Balaban J connectivity index is 1.24. The molecule has 0 atom stereocenters. The molecule has 0 fully saturated rings. The van der Waals surface area contributed by atoms with Crippen molar-refractivity contribution in [2.24, 2.45) is 0 Å². The molecule has 33 heavy (non-hydrogen) atoms. The van der Waals surface area contributed by atoms with Crippen molar-refractivity contribution in [3.8, 4) is 16.9 Å². The highest BCUT2D eigenvalue weighted by Gasteiger charge is 2.13. The molecule has 5 aromatic rings. The number of benzene rings is 3. The summed E-state index contributed by atoms with van der Waals surface area (Å²) in [5.74, 6) is 0.0568. The Bertz CT molecular complexity index is 1350. The van der Waals surface area contributed by atoms with Crippen LogP contribution in [0.4, 0.5) is 0 Å². The molecule has 5 nitrogen and oxygen atoms in total. The van der Waals surface area contributed by atoms with Crippen molar-refractivity contribution in [3.05, 3.63) is 108 Å². The molecule has 2 aromatic heterocycles. The first-order valence-electron chi connectivity index (χ1n) is 11.3. The number of hydrogen-bond donors (Lipinski definition) is 2. The number of aromatic nitrogens is 3. The molecule has 5 rings (SSSR count). The predicted octanol–water partition coefficient (Wildman–Crippen LogP) is 5.66. The van der Waals surface area contributed by atoms with Gasteiger partial charge in [-0.15, -0.1) is 0 Å². The molecule has 3 aromatic carbocycles. The molecule has 0 saturated heterocycles. The summed E-state index contributed by atoms with van der Waals surface area (Å²) >= 11 is 0. The van der Waals surface area contributed by atoms with E-state index in [4.69, 9.17) is 5.10 Å². The third-order valence-electron chi connectivity index (χ3n) is 5.86. The minimum absolute atomic E-state index is 0.0568. The van der Waals surface area contributed by atoms with Crippen LogP contribution < -0.4 is 5.32 Å². The maximum absolute atomic E-state index is 12.6. The van der Waals surface area contributed by atoms with Gasteiger partial charge in [0, 0.05) is 47.4 Å². The van der Waals surface area contributed by atoms with E-state index in [-0.39, 0.29) is 5.91 Å². The highest BCUT2D eigenvalue weighted by molar-refractivity contribution is 5.83. The molecule has 0 bridgehead atoms. The van der Waals surface area contributed by atoms with Crippen LogP contribution in [0.5, 0.6) is 0 Å². The number of amides is 1. The number of nitrogens with one attached hydrogen (secondary N) is 2. The number of fused-ring (bicyclic) bond motifs is 1. The van der Waals surface area contributed by atoms with Crippen molar-refractivity contribution in [1.29, 1.82) is 0 Å². The number of hydrogen-bond acceptors (Lipinski definition) is 2. The molecule has 2 heterocycles. The average molecular weight is 435 g/mol. The van der Waals surface area contributed by atoms with Crippen LogP contribution in [0.25, 0.3) is 27.8 Å². The van der Waals surface area contributed by atoms with Crippen LogP contribution >= 0.6 is 0 Å². The van der Waals surface area contributed by atoms with E-state index >= 15 is 0 Å². The van der Waals surface area contributed by atoms with Gasteiger partial charge < -0.3 is 10.3 Å². The number of para-hydroxylation sites is 2. The Kier molecular flexibility index (Phi) is 6.02. The van der Waals surface area contributed by atoms with Crippen molar-refractivity contribution in [2.75, 3.05) is 0 Å². The lowest BCUT2D eigenvalue weighted by atomic mass is 10.1. The first-order valence-corrected chi connectivity index (χ1v) is 11.3. The normalized spacial score (nSPS) is 11.0. The van der Waals surface area contributed by atoms with E-state index in [0.29, 0.717) is 13.0 Å². The number of carbonyl (C=O) groups is 1. The van der Waals surface area contributed by atoms with E-state index < -0.39 is 0 Å². The van der Waals surface area contributed by atoms with Gasteiger partial charge in [-0.05, 0) is 36.6 Å². The standard InChI is InChI=1S/C28H26N4O/c33-27(17-9-12-22-18-29-26-16-8-7-15-25(22)26)30-19-23-20-32(24-13-5-2-6-14-24)31-28(23)21-10-3-1-4-11-21/h1-8,10-11,13-16,18,20,29H,9,12,17,19H2,(H,30,33). The molecule has 0 aliphatic heterocycles. The summed E-state index contributed by atoms with van der Waals surface area (Å²) in [6, 6.07) is 28.4. The summed E-state index contributed by atoms with van der Waals surface area (Å²) in [6.45, 7) is 0.447. The molecule has 0 unspecified atom stereocenters. The predicted molar refractivity (Wildman–Crippen MR) is 132 cm³/mol. The first kappa shape index (κ1) is 20.8. The van der Waals surface area contributed by atoms with Crippen molar-refractivity contribution in [3.63, 3.8) is 0 Å². The number of aryl methyl sites for hydroxylation is 1. The fourth-order valence-electron chi connectivity index (χ4n) is 4.15. The molecule has 0 spiro atoms. The van der Waals surface area contributed by atoms with E-state index in [0.717, 1.165) is 40.9 Å². The zero-order valence-corrected chi connectivity index (χ0v) is 18.4. The van der Waals surface area contributed by atoms with Crippen LogP contribution in [-0.4, -0.2) is 20.7 Å². The quantitative estimate of drug-likeness (QED) is 0.331. The van der Waals surface area contributed by atoms with Crippen LogP contribution in [-0.2, 0) is 17.8 Å². The Labute approximate surface area is 193 Å². The van der Waals surface area contributed by atoms with E-state index in [1.807, 2.05) is 89.9 Å². The maximum Gasteiger partial charge on any atom is 0.220 e. The van der Waals surface area contributed by atoms with Gasteiger partial charge in [-0.1, -0.05) is 66.7 Å². The Morgan fingerprint density at radius 3 is 2.42 bits per heavy atom. The van der Waals surface area contributed by atoms with E-state index in [2.05, 4.69) is 22.4 Å². The SMILES string of the molecule is O=C(CCCc1c[nH]c2ccccc12)NCc1cn(-c2ccccc2)nc1-c1ccccc1. The summed E-state index contributed by atoms with van der Waals surface area (Å²) < 4.78 is 1.88. The second-order valence-corrected chi connectivity index (χ2v) is 8.14. The Morgan fingerprint density at radius 2 is 1.61 bits per heavy atom. The molecule has 5 heteroatoms. The number of carbonyl (C=O) groups excluding carboxylic acids is 1. The van der Waals surface area contributed by atoms with Crippen LogP contribution in [0.1, 0.15) is 24.0 Å². The zero-order valence-electron chi connectivity index (χ0n) is 18.4. The van der Waals surface area contributed by atoms with Gasteiger partial charge in [0.2, 0.25) is 5.91 Å². The average Bonchev–Trinajstić information content (AvgIpc) is 3.49. The van der Waals surface area contributed by atoms with Crippen molar-refractivity contribution in [2.45, 2.75) is 25.8 Å². The largest absolute Gasteiger partial charge is 0.361 e. The molecule has 164 valence electrons. The molecule has 0 radical (unpaired) electrons. The summed E-state index contributed by atoms with van der Waals surface area (Å²) in [5.41, 5.74) is 6.31. The molecule has 0 saturated carbocycles. The van der Waals surface area contributed by atoms with Crippen LogP contribution in [0.3, 0.4) is 0 Å². The highest BCUT2D eigenvalue weighted by atomic mass is 16.1. The van der Waals surface area contributed by atoms with Gasteiger partial charge >= 0.3 is 0 Å². The number of H-pyrrole nitrogens is 1. The molecule has 0 aliphatic rings.